The number of aryl methyl sites for hydroxylation is 2. The predicted octanol–water partition coefficient (Wildman–Crippen LogP) is 3.96. The Balaban J connectivity index is 3.19. The summed E-state index contributed by atoms with van der Waals surface area (Å²) in [5, 5.41) is 0. The molecule has 0 spiro atoms. The van der Waals surface area contributed by atoms with Gasteiger partial charge in [0.2, 0.25) is 0 Å². The van der Waals surface area contributed by atoms with Crippen LogP contribution in [-0.2, 0) is 0 Å². The Morgan fingerprint density at radius 1 is 1.13 bits per heavy atom. The van der Waals surface area contributed by atoms with Crippen molar-refractivity contribution in [1.29, 1.82) is 0 Å². The molecule has 0 heterocycles. The molecule has 0 amide bonds. The van der Waals surface area contributed by atoms with Gasteiger partial charge in [0.1, 0.15) is 5.71 Å². The molecule has 0 bridgehead atoms. The quantitative estimate of drug-likeness (QED) is 0.629. The van der Waals surface area contributed by atoms with Crippen molar-refractivity contribution < 1.29 is 13.2 Å². The Morgan fingerprint density at radius 2 is 1.60 bits per heavy atom. The molecule has 0 unspecified atom stereocenters. The normalized spacial score (nSPS) is 13.1. The molecule has 0 aliphatic carbocycles. The van der Waals surface area contributed by atoms with Gasteiger partial charge in [-0.3, -0.25) is 0 Å². The zero-order chi connectivity index (χ0) is 11.6. The highest BCUT2D eigenvalue weighted by Gasteiger charge is 2.32. The highest BCUT2D eigenvalue weighted by Crippen LogP contribution is 2.26. The molecule has 0 saturated carbocycles. The van der Waals surface area contributed by atoms with Gasteiger partial charge in [0.05, 0.1) is 5.69 Å². The van der Waals surface area contributed by atoms with Gasteiger partial charge in [-0.1, -0.05) is 18.2 Å². The Hall–Kier alpha value is -1.32. The van der Waals surface area contributed by atoms with Crippen LogP contribution in [0.5, 0.6) is 0 Å². The second-order valence-electron chi connectivity index (χ2n) is 3.44. The van der Waals surface area contributed by atoms with Crippen LogP contribution in [0.25, 0.3) is 0 Å². The molecule has 4 heteroatoms. The van der Waals surface area contributed by atoms with E-state index in [1.807, 2.05) is 0 Å². The fourth-order valence-corrected chi connectivity index (χ4v) is 1.21. The maximum atomic E-state index is 12.3. The minimum Gasteiger partial charge on any atom is -0.248 e. The van der Waals surface area contributed by atoms with E-state index in [0.29, 0.717) is 5.69 Å². The maximum absolute atomic E-state index is 12.3. The summed E-state index contributed by atoms with van der Waals surface area (Å²) in [5.41, 5.74) is 1.09. The fourth-order valence-electron chi connectivity index (χ4n) is 1.21. The number of hydrogen-bond donors (Lipinski definition) is 0. The molecule has 1 aromatic rings. The molecule has 1 aromatic carbocycles. The number of para-hydroxylation sites is 1. The third-order valence-electron chi connectivity index (χ3n) is 2.13. The first kappa shape index (κ1) is 11.8. The summed E-state index contributed by atoms with van der Waals surface area (Å²) < 4.78 is 36.8. The zero-order valence-electron chi connectivity index (χ0n) is 8.81. The molecular weight excluding hydrogens is 203 g/mol. The third kappa shape index (κ3) is 2.81. The van der Waals surface area contributed by atoms with Gasteiger partial charge in [0.15, 0.2) is 0 Å². The van der Waals surface area contributed by atoms with Crippen LogP contribution in [0.2, 0.25) is 0 Å². The largest absolute Gasteiger partial charge is 0.429 e. The summed E-state index contributed by atoms with van der Waals surface area (Å²) in [7, 11) is 0. The molecule has 0 aromatic heterocycles. The number of alkyl halides is 3. The molecule has 0 aliphatic rings. The lowest BCUT2D eigenvalue weighted by molar-refractivity contribution is -0.0591. The highest BCUT2D eigenvalue weighted by molar-refractivity contribution is 5.90. The van der Waals surface area contributed by atoms with Crippen molar-refractivity contribution in [3.05, 3.63) is 29.3 Å². The van der Waals surface area contributed by atoms with Crippen molar-refractivity contribution in [3.63, 3.8) is 0 Å². The second kappa shape index (κ2) is 4.04. The van der Waals surface area contributed by atoms with Crippen molar-refractivity contribution in [2.45, 2.75) is 26.9 Å². The van der Waals surface area contributed by atoms with Crippen LogP contribution in [0.1, 0.15) is 18.1 Å². The van der Waals surface area contributed by atoms with Crippen LogP contribution >= 0.6 is 0 Å². The van der Waals surface area contributed by atoms with Crippen molar-refractivity contribution >= 4 is 11.4 Å². The Bertz CT molecular complexity index is 371. The summed E-state index contributed by atoms with van der Waals surface area (Å²) in [6.45, 7) is 4.47. The average molecular weight is 215 g/mol. The third-order valence-corrected chi connectivity index (χ3v) is 2.13. The molecule has 82 valence electrons. The number of nitrogens with zero attached hydrogens (tertiary/aromatic N) is 1. The van der Waals surface area contributed by atoms with Gasteiger partial charge in [-0.05, 0) is 31.9 Å². The first-order valence-electron chi connectivity index (χ1n) is 4.51. The van der Waals surface area contributed by atoms with E-state index in [4.69, 9.17) is 0 Å². The lowest BCUT2D eigenvalue weighted by Gasteiger charge is -2.08. The van der Waals surface area contributed by atoms with E-state index in [2.05, 4.69) is 4.99 Å². The molecule has 0 aliphatic heterocycles. The molecular formula is C11H12F3N. The lowest BCUT2D eigenvalue weighted by Crippen LogP contribution is -2.19. The molecule has 1 rings (SSSR count). The van der Waals surface area contributed by atoms with E-state index >= 15 is 0 Å². The SMILES string of the molecule is CC(=Nc1c(C)cccc1C)C(F)(F)F. The van der Waals surface area contributed by atoms with Gasteiger partial charge >= 0.3 is 6.18 Å². The molecule has 0 atom stereocenters. The van der Waals surface area contributed by atoms with Gasteiger partial charge in [-0.2, -0.15) is 13.2 Å². The summed E-state index contributed by atoms with van der Waals surface area (Å²) >= 11 is 0. The highest BCUT2D eigenvalue weighted by atomic mass is 19.4. The Labute approximate surface area is 86.6 Å². The van der Waals surface area contributed by atoms with E-state index < -0.39 is 11.9 Å². The van der Waals surface area contributed by atoms with Crippen molar-refractivity contribution in [1.82, 2.24) is 0 Å². The summed E-state index contributed by atoms with van der Waals surface area (Å²) in [6.07, 6.45) is -4.35. The number of aliphatic imine (C=N–C) groups is 1. The topological polar surface area (TPSA) is 12.4 Å². The van der Waals surface area contributed by atoms with Gasteiger partial charge in [0.25, 0.3) is 0 Å². The molecule has 15 heavy (non-hydrogen) atoms. The minimum absolute atomic E-state index is 0.410. The van der Waals surface area contributed by atoms with Crippen LogP contribution in [0.15, 0.2) is 23.2 Å². The van der Waals surface area contributed by atoms with Gasteiger partial charge in [-0.15, -0.1) is 0 Å². The molecule has 0 radical (unpaired) electrons. The number of halogens is 3. The lowest BCUT2D eigenvalue weighted by atomic mass is 10.1. The smallest absolute Gasteiger partial charge is 0.248 e. The molecule has 0 N–H and O–H groups in total. The zero-order valence-corrected chi connectivity index (χ0v) is 8.81. The van der Waals surface area contributed by atoms with Crippen LogP contribution in [0, 0.1) is 13.8 Å². The van der Waals surface area contributed by atoms with Gasteiger partial charge < -0.3 is 0 Å². The first-order valence-corrected chi connectivity index (χ1v) is 4.51. The average Bonchev–Trinajstić information content (AvgIpc) is 2.09. The number of rotatable bonds is 1. The monoisotopic (exact) mass is 215 g/mol. The maximum Gasteiger partial charge on any atom is 0.429 e. The second-order valence-corrected chi connectivity index (χ2v) is 3.44. The Kier molecular flexibility index (Phi) is 3.17. The van der Waals surface area contributed by atoms with Crippen LogP contribution in [-0.4, -0.2) is 11.9 Å². The van der Waals surface area contributed by atoms with Crippen LogP contribution in [0.4, 0.5) is 18.9 Å². The van der Waals surface area contributed by atoms with Crippen molar-refractivity contribution in [3.8, 4) is 0 Å². The van der Waals surface area contributed by atoms with E-state index in [1.54, 1.807) is 32.0 Å². The molecule has 1 nitrogen and oxygen atoms in total. The van der Waals surface area contributed by atoms with Crippen LogP contribution < -0.4 is 0 Å². The van der Waals surface area contributed by atoms with Crippen LogP contribution in [0.3, 0.4) is 0 Å². The van der Waals surface area contributed by atoms with E-state index in [1.165, 1.54) is 0 Å². The molecule has 0 saturated heterocycles. The van der Waals surface area contributed by atoms with Gasteiger partial charge in [0, 0.05) is 0 Å². The summed E-state index contributed by atoms with van der Waals surface area (Å²) in [6, 6.07) is 5.29. The minimum atomic E-state index is -4.35. The van der Waals surface area contributed by atoms with Crippen molar-refractivity contribution in [2.75, 3.05) is 0 Å². The van der Waals surface area contributed by atoms with Crippen molar-refractivity contribution in [2.24, 2.45) is 4.99 Å². The van der Waals surface area contributed by atoms with E-state index in [-0.39, 0.29) is 0 Å². The summed E-state index contributed by atoms with van der Waals surface area (Å²) in [5.74, 6) is 0. The fraction of sp³-hybridized carbons (Fsp3) is 0.364. The molecule has 0 fully saturated rings. The standard InChI is InChI=1S/C11H12F3N/c1-7-5-4-6-8(2)10(7)15-9(3)11(12,13)14/h4-6H,1-3H3. The van der Waals surface area contributed by atoms with E-state index in [9.17, 15) is 13.2 Å². The number of hydrogen-bond acceptors (Lipinski definition) is 1. The predicted molar refractivity (Wildman–Crippen MR) is 54.7 cm³/mol. The summed E-state index contributed by atoms with van der Waals surface area (Å²) in [4.78, 5) is 3.62. The Morgan fingerprint density at radius 3 is 2.00 bits per heavy atom. The van der Waals surface area contributed by atoms with E-state index in [0.717, 1.165) is 18.1 Å². The van der Waals surface area contributed by atoms with Gasteiger partial charge in [-0.25, -0.2) is 4.99 Å². The number of benzene rings is 1. The first-order chi connectivity index (χ1) is 6.82.